The zero-order valence-electron chi connectivity index (χ0n) is 25.2. The van der Waals surface area contributed by atoms with Crippen molar-refractivity contribution in [3.63, 3.8) is 0 Å². The Morgan fingerprint density at radius 3 is 2.13 bits per heavy atom. The first-order valence-corrected chi connectivity index (χ1v) is 14.4. The first-order valence-electron chi connectivity index (χ1n) is 14.4. The third-order valence-corrected chi connectivity index (χ3v) is 7.63. The molecule has 3 amide bonds. The lowest BCUT2D eigenvalue weighted by molar-refractivity contribution is -0.138. The van der Waals surface area contributed by atoms with Crippen LogP contribution in [0.5, 0.6) is 5.75 Å². The fourth-order valence-electron chi connectivity index (χ4n) is 5.07. The van der Waals surface area contributed by atoms with Gasteiger partial charge in [-0.15, -0.1) is 0 Å². The minimum atomic E-state index is -4.54. The number of carbonyl (C=O) groups excluding carboxylic acids is 2. The van der Waals surface area contributed by atoms with Crippen molar-refractivity contribution in [1.29, 1.82) is 0 Å². The Morgan fingerprint density at radius 2 is 1.57 bits per heavy atom. The van der Waals surface area contributed by atoms with Gasteiger partial charge in [0.25, 0.3) is 5.91 Å². The smallest absolute Gasteiger partial charge is 0.416 e. The summed E-state index contributed by atoms with van der Waals surface area (Å²) in [5.74, 6) is -0.674. The number of para-hydroxylation sites is 1. The molecule has 3 atom stereocenters. The molecule has 3 aromatic carbocycles. The van der Waals surface area contributed by atoms with Gasteiger partial charge in [0.05, 0.1) is 35.0 Å². The second-order valence-corrected chi connectivity index (χ2v) is 11.4. The third-order valence-electron chi connectivity index (χ3n) is 7.63. The molecule has 1 aliphatic heterocycles. The monoisotopic (exact) mass is 652 g/mol. The number of anilines is 2. The number of nitrogens with zero attached hydrogens (tertiary/aromatic N) is 2. The Morgan fingerprint density at radius 1 is 0.978 bits per heavy atom. The molecule has 8 nitrogen and oxygen atoms in total. The van der Waals surface area contributed by atoms with E-state index in [9.17, 15) is 41.0 Å². The predicted octanol–water partition coefficient (Wildman–Crippen LogP) is 6.72. The molecule has 0 unspecified atom stereocenters. The molecule has 3 N–H and O–H groups in total. The second kappa shape index (κ2) is 14.0. The van der Waals surface area contributed by atoms with Crippen molar-refractivity contribution < 1.29 is 45.8 Å². The number of aliphatic hydroxyl groups excluding tert-OH is 1. The van der Waals surface area contributed by atoms with Crippen molar-refractivity contribution in [3.05, 3.63) is 89.0 Å². The Labute approximate surface area is 261 Å². The SMILES string of the molecule is C[C@@H]1CN([C@H](C)CO)C(=O)c2cccc(NC(=O)Nc3ccc(C(F)(F)F)cc3)c2O[C@H]1CN(C)Cc1ccc(C(F)(F)F)cc1. The van der Waals surface area contributed by atoms with E-state index < -0.39 is 47.6 Å². The van der Waals surface area contributed by atoms with Gasteiger partial charge in [0.1, 0.15) is 6.10 Å². The summed E-state index contributed by atoms with van der Waals surface area (Å²) >= 11 is 0. The largest absolute Gasteiger partial charge is 0.486 e. The number of nitrogens with one attached hydrogen (secondary N) is 2. The number of aliphatic hydroxyl groups is 1. The van der Waals surface area contributed by atoms with E-state index in [4.69, 9.17) is 4.74 Å². The fourth-order valence-corrected chi connectivity index (χ4v) is 5.07. The van der Waals surface area contributed by atoms with Gasteiger partial charge in [-0.2, -0.15) is 26.3 Å². The van der Waals surface area contributed by atoms with Crippen LogP contribution < -0.4 is 15.4 Å². The van der Waals surface area contributed by atoms with E-state index in [0.717, 1.165) is 36.4 Å². The molecule has 0 fully saturated rings. The molecule has 248 valence electrons. The molecule has 0 radical (unpaired) electrons. The summed E-state index contributed by atoms with van der Waals surface area (Å²) in [7, 11) is 1.77. The van der Waals surface area contributed by atoms with Gasteiger partial charge in [-0.1, -0.05) is 25.1 Å². The zero-order chi connectivity index (χ0) is 33.8. The maximum Gasteiger partial charge on any atom is 0.416 e. The van der Waals surface area contributed by atoms with Gasteiger partial charge >= 0.3 is 18.4 Å². The molecule has 46 heavy (non-hydrogen) atoms. The zero-order valence-corrected chi connectivity index (χ0v) is 25.2. The highest BCUT2D eigenvalue weighted by Gasteiger charge is 2.35. The van der Waals surface area contributed by atoms with Crippen LogP contribution in [0.2, 0.25) is 0 Å². The number of alkyl halides is 6. The fraction of sp³-hybridized carbons (Fsp3) is 0.375. The number of hydrogen-bond acceptors (Lipinski definition) is 5. The summed E-state index contributed by atoms with van der Waals surface area (Å²) in [4.78, 5) is 30.0. The maximum atomic E-state index is 13.7. The molecule has 0 spiro atoms. The van der Waals surface area contributed by atoms with Crippen molar-refractivity contribution in [3.8, 4) is 5.75 Å². The van der Waals surface area contributed by atoms with E-state index >= 15 is 0 Å². The number of urea groups is 1. The number of rotatable bonds is 8. The highest BCUT2D eigenvalue weighted by atomic mass is 19.4. The molecule has 1 heterocycles. The number of amides is 3. The van der Waals surface area contributed by atoms with Gasteiger partial charge in [-0.05, 0) is 68.1 Å². The van der Waals surface area contributed by atoms with Crippen LogP contribution in [0.4, 0.5) is 42.5 Å². The first kappa shape index (κ1) is 34.6. The molecular formula is C32H34F6N4O4. The lowest BCUT2D eigenvalue weighted by atomic mass is 9.98. The summed E-state index contributed by atoms with van der Waals surface area (Å²) in [5.41, 5.74) is -0.646. The highest BCUT2D eigenvalue weighted by molar-refractivity contribution is 6.04. The van der Waals surface area contributed by atoms with Crippen molar-refractivity contribution in [2.24, 2.45) is 5.92 Å². The number of hydrogen-bond donors (Lipinski definition) is 3. The summed E-state index contributed by atoms with van der Waals surface area (Å²) in [6.45, 7) is 4.05. The van der Waals surface area contributed by atoms with E-state index in [2.05, 4.69) is 10.6 Å². The van der Waals surface area contributed by atoms with E-state index in [1.54, 1.807) is 14.0 Å². The first-order chi connectivity index (χ1) is 21.6. The van der Waals surface area contributed by atoms with Gasteiger partial charge < -0.3 is 25.4 Å². The van der Waals surface area contributed by atoms with Crippen LogP contribution in [0.1, 0.15) is 40.9 Å². The van der Waals surface area contributed by atoms with Crippen LogP contribution in [0.15, 0.2) is 66.7 Å². The molecule has 3 aromatic rings. The molecule has 1 aliphatic rings. The van der Waals surface area contributed by atoms with E-state index in [1.807, 2.05) is 11.8 Å². The van der Waals surface area contributed by atoms with E-state index in [1.165, 1.54) is 35.2 Å². The van der Waals surface area contributed by atoms with Crippen LogP contribution >= 0.6 is 0 Å². The van der Waals surface area contributed by atoms with Crippen molar-refractivity contribution in [2.45, 2.75) is 44.9 Å². The number of ether oxygens (including phenoxy) is 1. The van der Waals surface area contributed by atoms with E-state index in [0.29, 0.717) is 12.1 Å². The Balaban J connectivity index is 1.58. The average molecular weight is 653 g/mol. The number of benzene rings is 3. The lowest BCUT2D eigenvalue weighted by Crippen LogP contribution is -2.49. The van der Waals surface area contributed by atoms with Crippen LogP contribution in [-0.4, -0.2) is 65.7 Å². The highest BCUT2D eigenvalue weighted by Crippen LogP contribution is 2.36. The Hall–Kier alpha value is -4.30. The van der Waals surface area contributed by atoms with Crippen LogP contribution in [0.3, 0.4) is 0 Å². The molecule has 0 saturated heterocycles. The Bertz CT molecular complexity index is 1510. The molecule has 0 aliphatic carbocycles. The molecular weight excluding hydrogens is 618 g/mol. The van der Waals surface area contributed by atoms with Crippen molar-refractivity contribution >= 4 is 23.3 Å². The van der Waals surface area contributed by atoms with Gasteiger partial charge in [0, 0.05) is 31.2 Å². The summed E-state index contributed by atoms with van der Waals surface area (Å²) in [6.07, 6.45) is -9.57. The van der Waals surface area contributed by atoms with Gasteiger partial charge in [-0.3, -0.25) is 9.69 Å². The second-order valence-electron chi connectivity index (χ2n) is 11.4. The molecule has 0 saturated carbocycles. The quantitative estimate of drug-likeness (QED) is 0.235. The summed E-state index contributed by atoms with van der Waals surface area (Å²) < 4.78 is 84.2. The predicted molar refractivity (Wildman–Crippen MR) is 159 cm³/mol. The van der Waals surface area contributed by atoms with Gasteiger partial charge in [0.15, 0.2) is 5.75 Å². The van der Waals surface area contributed by atoms with Gasteiger partial charge in [0.2, 0.25) is 0 Å². The number of halogens is 6. The normalized spacial score (nSPS) is 17.9. The molecule has 0 aromatic heterocycles. The number of likely N-dealkylation sites (N-methyl/N-ethyl adjacent to an activating group) is 1. The van der Waals surface area contributed by atoms with Crippen molar-refractivity contribution in [1.82, 2.24) is 9.80 Å². The molecule has 0 bridgehead atoms. The minimum absolute atomic E-state index is 0.0599. The Kier molecular flexibility index (Phi) is 10.5. The van der Waals surface area contributed by atoms with Crippen LogP contribution in [0.25, 0.3) is 0 Å². The summed E-state index contributed by atoms with van der Waals surface area (Å²) in [6, 6.07) is 11.9. The number of carbonyl (C=O) groups is 2. The standard InChI is InChI=1S/C32H34F6N4O4/c1-19-15-42(20(2)18-43)29(44)25-5-4-6-26(40-30(45)39-24-13-11-23(12-14-24)32(36,37)38)28(25)46-27(19)17-41(3)16-21-7-9-22(10-8-21)31(33,34)35/h4-14,19-20,27,43H,15-18H2,1-3H3,(H2,39,40,45)/t19-,20-,27+/m1/s1. The van der Waals surface area contributed by atoms with Crippen LogP contribution in [0, 0.1) is 5.92 Å². The molecule has 4 rings (SSSR count). The number of fused-ring (bicyclic) bond motifs is 1. The lowest BCUT2D eigenvalue weighted by Gasteiger charge is -2.38. The van der Waals surface area contributed by atoms with Gasteiger partial charge in [-0.25, -0.2) is 4.79 Å². The topological polar surface area (TPSA) is 94.1 Å². The van der Waals surface area contributed by atoms with E-state index in [-0.39, 0.29) is 48.3 Å². The molecule has 14 heteroatoms. The van der Waals surface area contributed by atoms with Crippen molar-refractivity contribution in [2.75, 3.05) is 37.4 Å². The third kappa shape index (κ3) is 8.49. The minimum Gasteiger partial charge on any atom is -0.486 e. The van der Waals surface area contributed by atoms with Crippen LogP contribution in [-0.2, 0) is 18.9 Å². The average Bonchev–Trinajstić information content (AvgIpc) is 2.98. The maximum absolute atomic E-state index is 13.7. The summed E-state index contributed by atoms with van der Waals surface area (Å²) in [5, 5.41) is 15.0.